The molecule has 0 aromatic heterocycles. The molecule has 1 aliphatic heterocycles. The predicted octanol–water partition coefficient (Wildman–Crippen LogP) is 0.204. The van der Waals surface area contributed by atoms with E-state index in [2.05, 4.69) is 18.3 Å². The summed E-state index contributed by atoms with van der Waals surface area (Å²) in [6.07, 6.45) is 0. The zero-order valence-corrected chi connectivity index (χ0v) is 16.3. The van der Waals surface area contributed by atoms with Crippen molar-refractivity contribution < 1.29 is 28.1 Å². The second-order valence-corrected chi connectivity index (χ2v) is 7.31. The Balaban J connectivity index is 1.50. The van der Waals surface area contributed by atoms with E-state index in [0.717, 1.165) is 55.5 Å². The smallest absolute Gasteiger partial charge is 0.279 e. The molecule has 1 amide bonds. The first kappa shape index (κ1) is 20.2. The molecule has 28 heavy (non-hydrogen) atoms. The molecular formula is C21H27F2N3O2+2. The van der Waals surface area contributed by atoms with E-state index in [0.29, 0.717) is 0 Å². The number of para-hydroxylation sites is 1. The van der Waals surface area contributed by atoms with Crippen LogP contribution in [0.5, 0.6) is 5.75 Å². The minimum absolute atomic E-state index is 0.203. The molecule has 7 heteroatoms. The zero-order valence-electron chi connectivity index (χ0n) is 16.3. The van der Waals surface area contributed by atoms with Gasteiger partial charge in [-0.05, 0) is 31.2 Å². The summed E-state index contributed by atoms with van der Waals surface area (Å²) in [6.45, 7) is 6.66. The second kappa shape index (κ2) is 9.12. The summed E-state index contributed by atoms with van der Waals surface area (Å²) in [6, 6.07) is 9.73. The molecule has 0 unspecified atom stereocenters. The van der Waals surface area contributed by atoms with E-state index in [4.69, 9.17) is 4.74 Å². The van der Waals surface area contributed by atoms with Gasteiger partial charge in [-0.25, -0.2) is 8.78 Å². The maximum atomic E-state index is 13.7. The summed E-state index contributed by atoms with van der Waals surface area (Å²) in [5.74, 6) is -0.989. The van der Waals surface area contributed by atoms with Gasteiger partial charge in [0.15, 0.2) is 6.54 Å². The first-order valence-electron chi connectivity index (χ1n) is 9.50. The number of halogens is 2. The van der Waals surface area contributed by atoms with Crippen LogP contribution in [0.2, 0.25) is 0 Å². The number of aryl methyl sites for hydroxylation is 1. The van der Waals surface area contributed by atoms with Gasteiger partial charge in [0.1, 0.15) is 55.8 Å². The van der Waals surface area contributed by atoms with E-state index in [1.807, 2.05) is 12.1 Å². The normalized spacial score (nSPS) is 19.3. The fourth-order valence-electron chi connectivity index (χ4n) is 3.65. The van der Waals surface area contributed by atoms with Crippen molar-refractivity contribution in [3.8, 4) is 5.75 Å². The Bertz CT molecular complexity index is 816. The molecule has 0 atom stereocenters. The first-order valence-corrected chi connectivity index (χ1v) is 9.50. The van der Waals surface area contributed by atoms with E-state index in [1.54, 1.807) is 7.11 Å². The quantitative estimate of drug-likeness (QED) is 0.659. The SMILES string of the molecule is COc1ccc(C)cc1C[NH+]1CC[NH+](CC(=O)Nc2c(F)cccc2F)CC1. The van der Waals surface area contributed by atoms with Crippen LogP contribution in [0.4, 0.5) is 14.5 Å². The standard InChI is InChI=1S/C21H25F2N3O2/c1-15-6-7-19(28-2)16(12-15)13-25-8-10-26(11-9-25)14-20(27)24-21-17(22)4-3-5-18(21)23/h3-7,12H,8-11,13-14H2,1-2H3,(H,24,27)/p+2. The number of quaternary nitrogens is 2. The molecule has 150 valence electrons. The van der Waals surface area contributed by atoms with Gasteiger partial charge in [0.2, 0.25) is 0 Å². The number of anilines is 1. The Morgan fingerprint density at radius 1 is 1.07 bits per heavy atom. The third-order valence-electron chi connectivity index (χ3n) is 5.18. The van der Waals surface area contributed by atoms with Crippen molar-refractivity contribution in [2.24, 2.45) is 0 Å². The highest BCUT2D eigenvalue weighted by atomic mass is 19.1. The molecule has 3 N–H and O–H groups in total. The van der Waals surface area contributed by atoms with Crippen molar-refractivity contribution in [2.75, 3.05) is 45.2 Å². The number of rotatable bonds is 6. The zero-order chi connectivity index (χ0) is 20.1. The molecule has 0 radical (unpaired) electrons. The van der Waals surface area contributed by atoms with Gasteiger partial charge in [0.25, 0.3) is 5.91 Å². The monoisotopic (exact) mass is 391 g/mol. The van der Waals surface area contributed by atoms with Crippen LogP contribution in [0.15, 0.2) is 36.4 Å². The van der Waals surface area contributed by atoms with Crippen LogP contribution in [0.1, 0.15) is 11.1 Å². The Hall–Kier alpha value is -2.51. The Labute approximate surface area is 163 Å². The molecule has 1 fully saturated rings. The maximum absolute atomic E-state index is 13.7. The molecule has 2 aromatic carbocycles. The van der Waals surface area contributed by atoms with Crippen molar-refractivity contribution in [2.45, 2.75) is 13.5 Å². The van der Waals surface area contributed by atoms with Crippen LogP contribution in [-0.4, -0.2) is 45.7 Å². The van der Waals surface area contributed by atoms with Gasteiger partial charge in [-0.15, -0.1) is 0 Å². The van der Waals surface area contributed by atoms with Crippen LogP contribution in [-0.2, 0) is 11.3 Å². The van der Waals surface area contributed by atoms with Crippen LogP contribution >= 0.6 is 0 Å². The summed E-state index contributed by atoms with van der Waals surface area (Å²) in [5, 5.41) is 2.37. The highest BCUT2D eigenvalue weighted by molar-refractivity contribution is 5.91. The fraction of sp³-hybridized carbons (Fsp3) is 0.381. The minimum atomic E-state index is -0.760. The van der Waals surface area contributed by atoms with Gasteiger partial charge < -0.3 is 19.9 Å². The molecule has 5 nitrogen and oxygen atoms in total. The lowest BCUT2D eigenvalue weighted by molar-refractivity contribution is -1.02. The second-order valence-electron chi connectivity index (χ2n) is 7.31. The van der Waals surface area contributed by atoms with Crippen molar-refractivity contribution in [1.29, 1.82) is 0 Å². The third-order valence-corrected chi connectivity index (χ3v) is 5.18. The number of piperazine rings is 1. The van der Waals surface area contributed by atoms with Gasteiger partial charge in [-0.1, -0.05) is 17.7 Å². The van der Waals surface area contributed by atoms with Crippen molar-refractivity contribution in [1.82, 2.24) is 0 Å². The number of amides is 1. The number of hydrogen-bond acceptors (Lipinski definition) is 2. The largest absolute Gasteiger partial charge is 0.496 e. The Kier molecular flexibility index (Phi) is 6.59. The lowest BCUT2D eigenvalue weighted by atomic mass is 10.1. The van der Waals surface area contributed by atoms with Crippen LogP contribution in [0, 0.1) is 18.6 Å². The van der Waals surface area contributed by atoms with Gasteiger partial charge in [-0.3, -0.25) is 4.79 Å². The molecule has 0 saturated carbocycles. The number of hydrogen-bond donors (Lipinski definition) is 3. The molecule has 2 aromatic rings. The molecular weight excluding hydrogens is 364 g/mol. The van der Waals surface area contributed by atoms with E-state index in [9.17, 15) is 13.6 Å². The van der Waals surface area contributed by atoms with E-state index < -0.39 is 11.6 Å². The summed E-state index contributed by atoms with van der Waals surface area (Å²) in [5.41, 5.74) is 2.02. The van der Waals surface area contributed by atoms with Gasteiger partial charge in [0, 0.05) is 5.56 Å². The van der Waals surface area contributed by atoms with Gasteiger partial charge in [-0.2, -0.15) is 0 Å². The van der Waals surface area contributed by atoms with Crippen molar-refractivity contribution >= 4 is 11.6 Å². The van der Waals surface area contributed by atoms with Gasteiger partial charge in [0.05, 0.1) is 7.11 Å². The first-order chi connectivity index (χ1) is 13.5. The lowest BCUT2D eigenvalue weighted by Crippen LogP contribution is -3.28. The van der Waals surface area contributed by atoms with E-state index in [1.165, 1.54) is 22.1 Å². The number of nitrogens with one attached hydrogen (secondary N) is 3. The predicted molar refractivity (Wildman–Crippen MR) is 103 cm³/mol. The van der Waals surface area contributed by atoms with Crippen LogP contribution < -0.4 is 19.9 Å². The lowest BCUT2D eigenvalue weighted by Gasteiger charge is -2.29. The van der Waals surface area contributed by atoms with Crippen LogP contribution in [0.25, 0.3) is 0 Å². The van der Waals surface area contributed by atoms with E-state index >= 15 is 0 Å². The molecule has 3 rings (SSSR count). The van der Waals surface area contributed by atoms with Crippen molar-refractivity contribution in [3.05, 3.63) is 59.2 Å². The highest BCUT2D eigenvalue weighted by Gasteiger charge is 2.26. The molecule has 0 bridgehead atoms. The molecule has 0 aliphatic carbocycles. The highest BCUT2D eigenvalue weighted by Crippen LogP contribution is 2.19. The Morgan fingerprint density at radius 2 is 1.71 bits per heavy atom. The molecule has 1 aliphatic rings. The summed E-state index contributed by atoms with van der Waals surface area (Å²) < 4.78 is 32.8. The molecule has 1 heterocycles. The maximum Gasteiger partial charge on any atom is 0.279 e. The summed E-state index contributed by atoms with van der Waals surface area (Å²) in [7, 11) is 1.68. The summed E-state index contributed by atoms with van der Waals surface area (Å²) >= 11 is 0. The van der Waals surface area contributed by atoms with Gasteiger partial charge >= 0.3 is 0 Å². The third kappa shape index (κ3) is 5.05. The Morgan fingerprint density at radius 3 is 2.36 bits per heavy atom. The average molecular weight is 391 g/mol. The fourth-order valence-corrected chi connectivity index (χ4v) is 3.65. The molecule has 0 spiro atoms. The minimum Gasteiger partial charge on any atom is -0.496 e. The average Bonchev–Trinajstić information content (AvgIpc) is 2.67. The van der Waals surface area contributed by atoms with Crippen LogP contribution in [0.3, 0.4) is 0 Å². The van der Waals surface area contributed by atoms with E-state index in [-0.39, 0.29) is 18.1 Å². The number of methoxy groups -OCH3 is 1. The number of carbonyl (C=O) groups is 1. The topological polar surface area (TPSA) is 47.2 Å². The number of ether oxygens (including phenoxy) is 1. The molecule has 1 saturated heterocycles. The number of carbonyl (C=O) groups excluding carboxylic acids is 1. The van der Waals surface area contributed by atoms with Crippen molar-refractivity contribution in [3.63, 3.8) is 0 Å². The summed E-state index contributed by atoms with van der Waals surface area (Å²) in [4.78, 5) is 14.7. The number of benzene rings is 2.